The molecule has 0 saturated carbocycles. The van der Waals surface area contributed by atoms with Crippen LogP contribution in [0.4, 0.5) is 10.9 Å². The number of benzene rings is 1. The average Bonchev–Trinajstić information content (AvgIpc) is 3.25. The summed E-state index contributed by atoms with van der Waals surface area (Å²) < 4.78 is 6.83. The Morgan fingerprint density at radius 1 is 1.28 bits per heavy atom. The normalized spacial score (nSPS) is 10.5. The van der Waals surface area contributed by atoms with Crippen molar-refractivity contribution in [2.24, 2.45) is 7.05 Å². The average molecular weight is 357 g/mol. The molecule has 2 N–H and O–H groups in total. The summed E-state index contributed by atoms with van der Waals surface area (Å²) in [4.78, 5) is 16.5. The molecule has 0 saturated heterocycles. The molecule has 130 valence electrons. The zero-order valence-corrected chi connectivity index (χ0v) is 14.8. The molecule has 1 aromatic carbocycles. The van der Waals surface area contributed by atoms with E-state index in [4.69, 9.17) is 4.74 Å². The first-order valence-electron chi connectivity index (χ1n) is 7.77. The lowest BCUT2D eigenvalue weighted by Crippen LogP contribution is -2.26. The van der Waals surface area contributed by atoms with E-state index in [1.54, 1.807) is 23.4 Å². The molecule has 0 unspecified atom stereocenters. The fraction of sp³-hybridized carbons (Fsp3) is 0.235. The van der Waals surface area contributed by atoms with Gasteiger partial charge in [-0.2, -0.15) is 5.10 Å². The Kier molecular flexibility index (Phi) is 5.30. The van der Waals surface area contributed by atoms with Crippen LogP contribution in [-0.4, -0.2) is 34.3 Å². The van der Waals surface area contributed by atoms with Crippen molar-refractivity contribution in [2.75, 3.05) is 19.0 Å². The number of anilines is 2. The molecular formula is C17H19N5O2S. The maximum Gasteiger partial charge on any atom is 0.270 e. The van der Waals surface area contributed by atoms with E-state index in [1.807, 2.05) is 37.4 Å². The summed E-state index contributed by atoms with van der Waals surface area (Å²) in [6.07, 6.45) is 2.45. The number of hydrogen-bond donors (Lipinski definition) is 2. The van der Waals surface area contributed by atoms with Gasteiger partial charge in [-0.15, -0.1) is 11.3 Å². The SMILES string of the molecule is COc1ccc(CCNC(=O)c2csc(Nc3ccnn3C)n2)cc1. The molecule has 0 radical (unpaired) electrons. The zero-order chi connectivity index (χ0) is 17.6. The molecule has 7 nitrogen and oxygen atoms in total. The first-order valence-corrected chi connectivity index (χ1v) is 8.65. The fourth-order valence-electron chi connectivity index (χ4n) is 2.24. The van der Waals surface area contributed by atoms with Crippen LogP contribution in [-0.2, 0) is 13.5 Å². The van der Waals surface area contributed by atoms with Gasteiger partial charge in [0.15, 0.2) is 5.13 Å². The van der Waals surface area contributed by atoms with Gasteiger partial charge in [0.25, 0.3) is 5.91 Å². The van der Waals surface area contributed by atoms with Crippen molar-refractivity contribution in [3.8, 4) is 5.75 Å². The second-order valence-corrected chi connectivity index (χ2v) is 6.22. The number of methoxy groups -OCH3 is 1. The molecule has 0 atom stereocenters. The van der Waals surface area contributed by atoms with Gasteiger partial charge in [0.1, 0.15) is 17.3 Å². The van der Waals surface area contributed by atoms with Crippen molar-refractivity contribution in [3.05, 3.63) is 53.2 Å². The third kappa shape index (κ3) is 4.36. The molecule has 0 aliphatic rings. The fourth-order valence-corrected chi connectivity index (χ4v) is 2.94. The Morgan fingerprint density at radius 2 is 2.08 bits per heavy atom. The van der Waals surface area contributed by atoms with Gasteiger partial charge < -0.3 is 15.4 Å². The van der Waals surface area contributed by atoms with Gasteiger partial charge in [-0.1, -0.05) is 12.1 Å². The standard InChI is InChI=1S/C17H19N5O2S/c1-22-15(8-10-19-22)21-17-20-14(11-25-17)16(23)18-9-7-12-3-5-13(24-2)6-4-12/h3-6,8,10-11H,7,9H2,1-2H3,(H,18,23)(H,20,21). The van der Waals surface area contributed by atoms with Crippen molar-refractivity contribution in [3.63, 3.8) is 0 Å². The van der Waals surface area contributed by atoms with Crippen LogP contribution >= 0.6 is 11.3 Å². The number of amides is 1. The highest BCUT2D eigenvalue weighted by Crippen LogP contribution is 2.20. The van der Waals surface area contributed by atoms with Crippen LogP contribution in [0.3, 0.4) is 0 Å². The first kappa shape index (κ1) is 17.0. The number of carbonyl (C=O) groups is 1. The number of nitrogens with zero attached hydrogens (tertiary/aromatic N) is 3. The van der Waals surface area contributed by atoms with Gasteiger partial charge in [0, 0.05) is 25.0 Å². The van der Waals surface area contributed by atoms with Gasteiger partial charge in [0.05, 0.1) is 13.3 Å². The number of hydrogen-bond acceptors (Lipinski definition) is 6. The van der Waals surface area contributed by atoms with Crippen molar-refractivity contribution in [2.45, 2.75) is 6.42 Å². The lowest BCUT2D eigenvalue weighted by molar-refractivity contribution is 0.0950. The number of thiazole rings is 1. The molecule has 0 bridgehead atoms. The van der Waals surface area contributed by atoms with Crippen molar-refractivity contribution in [1.82, 2.24) is 20.1 Å². The van der Waals surface area contributed by atoms with Crippen LogP contribution in [0.2, 0.25) is 0 Å². The lowest BCUT2D eigenvalue weighted by atomic mass is 10.1. The predicted molar refractivity (Wildman–Crippen MR) is 97.6 cm³/mol. The van der Waals surface area contributed by atoms with E-state index in [2.05, 4.69) is 20.7 Å². The maximum absolute atomic E-state index is 12.2. The van der Waals surface area contributed by atoms with E-state index < -0.39 is 0 Å². The highest BCUT2D eigenvalue weighted by atomic mass is 32.1. The van der Waals surface area contributed by atoms with E-state index in [0.717, 1.165) is 23.6 Å². The molecule has 0 fully saturated rings. The van der Waals surface area contributed by atoms with E-state index in [9.17, 15) is 4.79 Å². The minimum absolute atomic E-state index is 0.178. The van der Waals surface area contributed by atoms with Crippen LogP contribution < -0.4 is 15.4 Å². The summed E-state index contributed by atoms with van der Waals surface area (Å²) in [6, 6.07) is 9.64. The molecule has 25 heavy (non-hydrogen) atoms. The van der Waals surface area contributed by atoms with Crippen LogP contribution in [0.1, 0.15) is 16.1 Å². The number of ether oxygens (including phenoxy) is 1. The third-order valence-corrected chi connectivity index (χ3v) is 4.41. The highest BCUT2D eigenvalue weighted by Gasteiger charge is 2.11. The maximum atomic E-state index is 12.2. The number of aromatic nitrogens is 3. The molecule has 0 spiro atoms. The monoisotopic (exact) mass is 357 g/mol. The molecule has 2 aromatic heterocycles. The summed E-state index contributed by atoms with van der Waals surface area (Å²) in [5.41, 5.74) is 1.54. The van der Waals surface area contributed by atoms with E-state index in [1.165, 1.54) is 11.3 Å². The minimum atomic E-state index is -0.178. The van der Waals surface area contributed by atoms with E-state index in [0.29, 0.717) is 17.4 Å². The minimum Gasteiger partial charge on any atom is -0.497 e. The summed E-state index contributed by atoms with van der Waals surface area (Å²) in [5, 5.41) is 12.5. The number of carbonyl (C=O) groups excluding carboxylic acids is 1. The number of nitrogens with one attached hydrogen (secondary N) is 2. The highest BCUT2D eigenvalue weighted by molar-refractivity contribution is 7.14. The predicted octanol–water partition coefficient (Wildman–Crippen LogP) is 2.60. The molecule has 8 heteroatoms. The van der Waals surface area contributed by atoms with Crippen LogP contribution in [0.15, 0.2) is 41.9 Å². The Bertz CT molecular complexity index is 841. The number of aryl methyl sites for hydroxylation is 1. The van der Waals surface area contributed by atoms with E-state index >= 15 is 0 Å². The summed E-state index contributed by atoms with van der Waals surface area (Å²) in [6.45, 7) is 0.549. The van der Waals surface area contributed by atoms with Gasteiger partial charge >= 0.3 is 0 Å². The zero-order valence-electron chi connectivity index (χ0n) is 14.0. The Morgan fingerprint density at radius 3 is 2.76 bits per heavy atom. The van der Waals surface area contributed by atoms with Crippen LogP contribution in [0, 0.1) is 0 Å². The molecule has 3 aromatic rings. The molecule has 0 aliphatic heterocycles. The van der Waals surface area contributed by atoms with Crippen LogP contribution in [0.25, 0.3) is 0 Å². The third-order valence-electron chi connectivity index (χ3n) is 3.65. The lowest BCUT2D eigenvalue weighted by Gasteiger charge is -2.05. The van der Waals surface area contributed by atoms with Crippen molar-refractivity contribution >= 4 is 28.2 Å². The van der Waals surface area contributed by atoms with Crippen LogP contribution in [0.5, 0.6) is 5.75 Å². The Labute approximate surface area is 149 Å². The molecule has 3 rings (SSSR count). The largest absolute Gasteiger partial charge is 0.497 e. The number of rotatable bonds is 7. The quantitative estimate of drug-likeness (QED) is 0.679. The first-order chi connectivity index (χ1) is 12.2. The van der Waals surface area contributed by atoms with Crippen molar-refractivity contribution in [1.29, 1.82) is 0 Å². The van der Waals surface area contributed by atoms with Gasteiger partial charge in [-0.3, -0.25) is 9.48 Å². The second kappa shape index (κ2) is 7.80. The van der Waals surface area contributed by atoms with Crippen molar-refractivity contribution < 1.29 is 9.53 Å². The molecule has 2 heterocycles. The molecule has 0 aliphatic carbocycles. The second-order valence-electron chi connectivity index (χ2n) is 5.36. The molecule has 1 amide bonds. The summed E-state index contributed by atoms with van der Waals surface area (Å²) in [7, 11) is 3.48. The van der Waals surface area contributed by atoms with Gasteiger partial charge in [-0.25, -0.2) is 4.98 Å². The van der Waals surface area contributed by atoms with Gasteiger partial charge in [0.2, 0.25) is 0 Å². The Hall–Kier alpha value is -2.87. The van der Waals surface area contributed by atoms with Gasteiger partial charge in [-0.05, 0) is 24.1 Å². The van der Waals surface area contributed by atoms with E-state index in [-0.39, 0.29) is 5.91 Å². The topological polar surface area (TPSA) is 81.1 Å². The summed E-state index contributed by atoms with van der Waals surface area (Å²) >= 11 is 1.38. The smallest absolute Gasteiger partial charge is 0.270 e. The molecular weight excluding hydrogens is 338 g/mol. The Balaban J connectivity index is 1.50. The summed E-state index contributed by atoms with van der Waals surface area (Å²) in [5.74, 6) is 1.47.